The average molecular weight is 285 g/mol. The van der Waals surface area contributed by atoms with E-state index in [0.717, 1.165) is 15.6 Å². The van der Waals surface area contributed by atoms with Crippen LogP contribution in [0.5, 0.6) is 0 Å². The van der Waals surface area contributed by atoms with Crippen molar-refractivity contribution in [3.05, 3.63) is 33.3 Å². The van der Waals surface area contributed by atoms with Crippen LogP contribution in [0, 0.1) is 13.8 Å². The molecule has 1 aromatic rings. The molecule has 0 fully saturated rings. The maximum absolute atomic E-state index is 11.7. The lowest BCUT2D eigenvalue weighted by Crippen LogP contribution is -2.06. The maximum atomic E-state index is 11.7. The quantitative estimate of drug-likeness (QED) is 0.865. The molecule has 16 heavy (non-hydrogen) atoms. The van der Waals surface area contributed by atoms with Crippen LogP contribution in [0.4, 0.5) is 0 Å². The Balaban J connectivity index is 2.92. The number of aryl methyl sites for hydroxylation is 1. The van der Waals surface area contributed by atoms with Crippen LogP contribution in [0.3, 0.4) is 0 Å². The molecule has 1 rings (SSSR count). The summed E-state index contributed by atoms with van der Waals surface area (Å²) in [5.74, 6) is -1.07. The fourth-order valence-electron chi connectivity index (χ4n) is 1.48. The van der Waals surface area contributed by atoms with Crippen LogP contribution in [-0.2, 0) is 4.79 Å². The number of hydrogen-bond donors (Lipinski definition) is 1. The Morgan fingerprint density at radius 2 is 1.88 bits per heavy atom. The van der Waals surface area contributed by atoms with Crippen molar-refractivity contribution in [2.45, 2.75) is 26.7 Å². The number of carboxylic acid groups (broad SMARTS) is 1. The fourth-order valence-corrected chi connectivity index (χ4v) is 1.82. The fraction of sp³-hybridized carbons (Fsp3) is 0.333. The van der Waals surface area contributed by atoms with Crippen molar-refractivity contribution in [3.63, 3.8) is 0 Å². The van der Waals surface area contributed by atoms with Gasteiger partial charge < -0.3 is 5.11 Å². The van der Waals surface area contributed by atoms with Crippen molar-refractivity contribution in [3.8, 4) is 0 Å². The summed E-state index contributed by atoms with van der Waals surface area (Å²) in [7, 11) is 0. The molecule has 3 nitrogen and oxygen atoms in total. The molecule has 0 amide bonds. The van der Waals surface area contributed by atoms with Crippen LogP contribution >= 0.6 is 15.9 Å². The second-order valence-corrected chi connectivity index (χ2v) is 4.48. The largest absolute Gasteiger partial charge is 0.481 e. The Kier molecular flexibility index (Phi) is 4.24. The van der Waals surface area contributed by atoms with Crippen LogP contribution in [0.1, 0.15) is 34.3 Å². The lowest BCUT2D eigenvalue weighted by atomic mass is 9.99. The monoisotopic (exact) mass is 284 g/mol. The van der Waals surface area contributed by atoms with Gasteiger partial charge in [0, 0.05) is 16.5 Å². The summed E-state index contributed by atoms with van der Waals surface area (Å²) in [6, 6.07) is 3.60. The average Bonchev–Trinajstić information content (AvgIpc) is 2.23. The predicted octanol–water partition coefficient (Wildman–Crippen LogP) is 3.11. The predicted molar refractivity (Wildman–Crippen MR) is 64.8 cm³/mol. The zero-order valence-electron chi connectivity index (χ0n) is 9.21. The highest BCUT2D eigenvalue weighted by Crippen LogP contribution is 2.24. The second-order valence-electron chi connectivity index (χ2n) is 3.69. The van der Waals surface area contributed by atoms with E-state index in [4.69, 9.17) is 5.11 Å². The van der Waals surface area contributed by atoms with E-state index in [-0.39, 0.29) is 18.6 Å². The van der Waals surface area contributed by atoms with E-state index in [1.807, 2.05) is 19.9 Å². The Labute approximate surface area is 103 Å². The van der Waals surface area contributed by atoms with Gasteiger partial charge in [0.15, 0.2) is 5.78 Å². The van der Waals surface area contributed by atoms with Crippen LogP contribution in [-0.4, -0.2) is 16.9 Å². The molecule has 86 valence electrons. The molecule has 0 aliphatic carbocycles. The van der Waals surface area contributed by atoms with Crippen molar-refractivity contribution in [2.24, 2.45) is 0 Å². The summed E-state index contributed by atoms with van der Waals surface area (Å²) in [6.45, 7) is 3.80. The first-order chi connectivity index (χ1) is 7.43. The summed E-state index contributed by atoms with van der Waals surface area (Å²) >= 11 is 3.41. The third-order valence-corrected chi connectivity index (χ3v) is 3.67. The first kappa shape index (κ1) is 12.9. The van der Waals surface area contributed by atoms with Gasteiger partial charge in [-0.1, -0.05) is 28.1 Å². The van der Waals surface area contributed by atoms with Crippen molar-refractivity contribution >= 4 is 27.7 Å². The number of benzene rings is 1. The molecule has 1 aromatic carbocycles. The highest BCUT2D eigenvalue weighted by Gasteiger charge is 2.13. The van der Waals surface area contributed by atoms with Crippen LogP contribution in [0.2, 0.25) is 0 Å². The van der Waals surface area contributed by atoms with Crippen molar-refractivity contribution in [2.75, 3.05) is 0 Å². The summed E-state index contributed by atoms with van der Waals surface area (Å²) in [5, 5.41) is 8.52. The Morgan fingerprint density at radius 3 is 2.44 bits per heavy atom. The highest BCUT2D eigenvalue weighted by molar-refractivity contribution is 9.10. The van der Waals surface area contributed by atoms with Crippen molar-refractivity contribution < 1.29 is 14.7 Å². The van der Waals surface area contributed by atoms with Gasteiger partial charge in [-0.15, -0.1) is 0 Å². The zero-order valence-corrected chi connectivity index (χ0v) is 10.8. The number of hydrogen-bond acceptors (Lipinski definition) is 2. The van der Waals surface area contributed by atoms with Crippen LogP contribution < -0.4 is 0 Å². The number of rotatable bonds is 4. The summed E-state index contributed by atoms with van der Waals surface area (Å²) in [5.41, 5.74) is 2.53. The highest BCUT2D eigenvalue weighted by atomic mass is 79.9. The molecule has 0 aliphatic heterocycles. The lowest BCUT2D eigenvalue weighted by Gasteiger charge is -2.08. The Morgan fingerprint density at radius 1 is 1.25 bits per heavy atom. The number of halogens is 1. The Hall–Kier alpha value is -1.16. The third-order valence-electron chi connectivity index (χ3n) is 2.45. The van der Waals surface area contributed by atoms with Gasteiger partial charge >= 0.3 is 5.97 Å². The molecule has 0 aliphatic rings. The van der Waals surface area contributed by atoms with E-state index < -0.39 is 5.97 Å². The number of Topliss-reactive ketones (excluding diaryl/α,β-unsaturated/α-hetero) is 1. The van der Waals surface area contributed by atoms with Crippen LogP contribution in [0.15, 0.2) is 16.6 Å². The normalized spacial score (nSPS) is 10.2. The maximum Gasteiger partial charge on any atom is 0.303 e. The molecule has 0 unspecified atom stereocenters. The van der Waals surface area contributed by atoms with E-state index in [1.165, 1.54) is 0 Å². The smallest absolute Gasteiger partial charge is 0.303 e. The number of carboxylic acids is 1. The number of carbonyl (C=O) groups excluding carboxylic acids is 1. The molecule has 0 spiro atoms. The molecule has 0 atom stereocenters. The van der Waals surface area contributed by atoms with Crippen molar-refractivity contribution in [1.29, 1.82) is 0 Å². The van der Waals surface area contributed by atoms with Gasteiger partial charge in [0.1, 0.15) is 0 Å². The SMILES string of the molecule is Cc1ccc(C(=O)CCC(=O)O)c(C)c1Br. The minimum absolute atomic E-state index is 0.0473. The molecule has 0 saturated carbocycles. The molecular formula is C12H13BrO3. The van der Waals surface area contributed by atoms with Gasteiger partial charge in [-0.3, -0.25) is 9.59 Å². The van der Waals surface area contributed by atoms with Crippen LogP contribution in [0.25, 0.3) is 0 Å². The summed E-state index contributed by atoms with van der Waals surface area (Å²) in [4.78, 5) is 22.1. The molecule has 4 heteroatoms. The zero-order chi connectivity index (χ0) is 12.3. The van der Waals surface area contributed by atoms with E-state index in [1.54, 1.807) is 6.07 Å². The topological polar surface area (TPSA) is 54.4 Å². The molecule has 0 saturated heterocycles. The lowest BCUT2D eigenvalue weighted by molar-refractivity contribution is -0.136. The minimum Gasteiger partial charge on any atom is -0.481 e. The molecular weight excluding hydrogens is 272 g/mol. The van der Waals surface area contributed by atoms with Crippen molar-refractivity contribution in [1.82, 2.24) is 0 Å². The summed E-state index contributed by atoms with van der Waals surface area (Å²) < 4.78 is 0.911. The number of aliphatic carboxylic acids is 1. The molecule has 0 radical (unpaired) electrons. The second kappa shape index (κ2) is 5.25. The van der Waals surface area contributed by atoms with Gasteiger partial charge in [0.05, 0.1) is 6.42 Å². The first-order valence-corrected chi connectivity index (χ1v) is 5.73. The summed E-state index contributed by atoms with van der Waals surface area (Å²) in [6.07, 6.45) is -0.0740. The minimum atomic E-state index is -0.947. The third kappa shape index (κ3) is 2.92. The first-order valence-electron chi connectivity index (χ1n) is 4.94. The van der Waals surface area contributed by atoms with E-state index in [9.17, 15) is 9.59 Å². The molecule has 0 bridgehead atoms. The number of ketones is 1. The van der Waals surface area contributed by atoms with E-state index in [2.05, 4.69) is 15.9 Å². The van der Waals surface area contributed by atoms with Gasteiger partial charge in [-0.05, 0) is 25.0 Å². The molecule has 1 N–H and O–H groups in total. The molecule has 0 heterocycles. The Bertz CT molecular complexity index is 438. The van der Waals surface area contributed by atoms with E-state index in [0.29, 0.717) is 5.56 Å². The van der Waals surface area contributed by atoms with Gasteiger partial charge in [0.2, 0.25) is 0 Å². The number of carbonyl (C=O) groups is 2. The van der Waals surface area contributed by atoms with Gasteiger partial charge in [-0.25, -0.2) is 0 Å². The van der Waals surface area contributed by atoms with E-state index >= 15 is 0 Å². The van der Waals surface area contributed by atoms with Gasteiger partial charge in [0.25, 0.3) is 0 Å². The standard InChI is InChI=1S/C12H13BrO3/c1-7-3-4-9(8(2)12(7)13)10(14)5-6-11(15)16/h3-4H,5-6H2,1-2H3,(H,15,16). The van der Waals surface area contributed by atoms with Gasteiger partial charge in [-0.2, -0.15) is 0 Å². The molecule has 0 aromatic heterocycles.